The van der Waals surface area contributed by atoms with Crippen molar-refractivity contribution in [3.8, 4) is 0 Å². The summed E-state index contributed by atoms with van der Waals surface area (Å²) in [6.45, 7) is 0. The van der Waals surface area contributed by atoms with Gasteiger partial charge < -0.3 is 5.32 Å². The zero-order valence-corrected chi connectivity index (χ0v) is 10.1. The van der Waals surface area contributed by atoms with Gasteiger partial charge in [-0.15, -0.1) is 0 Å². The van der Waals surface area contributed by atoms with Crippen LogP contribution >= 0.6 is 0 Å². The van der Waals surface area contributed by atoms with Gasteiger partial charge >= 0.3 is 0 Å². The summed E-state index contributed by atoms with van der Waals surface area (Å²) in [5.41, 5.74) is 2.21. The molecule has 0 amide bonds. The molecule has 2 aromatic rings. The Morgan fingerprint density at radius 3 is 2.88 bits per heavy atom. The molecule has 1 saturated carbocycles. The minimum Gasteiger partial charge on any atom is -0.316 e. The smallest absolute Gasteiger partial charge is 0.116 e. The van der Waals surface area contributed by atoms with E-state index in [1.54, 1.807) is 6.33 Å². The van der Waals surface area contributed by atoms with Gasteiger partial charge in [-0.1, -0.05) is 18.2 Å². The summed E-state index contributed by atoms with van der Waals surface area (Å²) in [5.74, 6) is 0.841. The molecule has 0 aliphatic heterocycles. The largest absolute Gasteiger partial charge is 0.316 e. The van der Waals surface area contributed by atoms with Crippen LogP contribution in [0.5, 0.6) is 0 Å². The molecule has 3 heteroatoms. The molecule has 1 heterocycles. The number of benzene rings is 1. The average Bonchev–Trinajstić information content (AvgIpc) is 3.20. The summed E-state index contributed by atoms with van der Waals surface area (Å²) in [5, 5.41) is 4.61. The Hall–Kier alpha value is -1.48. The highest BCUT2D eigenvalue weighted by molar-refractivity contribution is 5.80. The number of likely N-dealkylation sites (N-methyl/N-ethyl adjacent to an activating group) is 1. The summed E-state index contributed by atoms with van der Waals surface area (Å²) < 4.78 is 0. The van der Waals surface area contributed by atoms with Crippen molar-refractivity contribution in [2.24, 2.45) is 5.92 Å². The summed E-state index contributed by atoms with van der Waals surface area (Å²) in [7, 11) is 2.05. The molecule has 1 N–H and O–H groups in total. The molecule has 1 aliphatic rings. The predicted molar refractivity (Wildman–Crippen MR) is 68.8 cm³/mol. The highest BCUT2D eigenvalue weighted by Crippen LogP contribution is 2.34. The number of fused-ring (bicyclic) bond motifs is 1. The first kappa shape index (κ1) is 10.7. The first-order chi connectivity index (χ1) is 8.38. The van der Waals surface area contributed by atoms with E-state index in [0.717, 1.165) is 17.9 Å². The molecule has 0 saturated heterocycles. The number of hydrogen-bond acceptors (Lipinski definition) is 3. The fourth-order valence-corrected chi connectivity index (χ4v) is 2.43. The van der Waals surface area contributed by atoms with Gasteiger partial charge in [-0.05, 0) is 31.9 Å². The third-order valence-electron chi connectivity index (χ3n) is 3.60. The van der Waals surface area contributed by atoms with Gasteiger partial charge in [0.2, 0.25) is 0 Å². The molecule has 0 bridgehead atoms. The Morgan fingerprint density at radius 1 is 1.29 bits per heavy atom. The molecule has 1 unspecified atom stereocenters. The van der Waals surface area contributed by atoms with Crippen LogP contribution in [0.3, 0.4) is 0 Å². The second-order valence-corrected chi connectivity index (χ2v) is 4.77. The molecule has 3 nitrogen and oxygen atoms in total. The number of nitrogens with one attached hydrogen (secondary N) is 1. The number of hydrogen-bond donors (Lipinski definition) is 1. The fraction of sp³-hybridized carbons (Fsp3) is 0.429. The van der Waals surface area contributed by atoms with Crippen molar-refractivity contribution < 1.29 is 0 Å². The molecule has 0 spiro atoms. The zero-order valence-electron chi connectivity index (χ0n) is 10.1. The van der Waals surface area contributed by atoms with Crippen molar-refractivity contribution in [1.82, 2.24) is 15.3 Å². The molecule has 0 radical (unpaired) electrons. The Bertz CT molecular complexity index is 514. The normalized spacial score (nSPS) is 17.2. The third-order valence-corrected chi connectivity index (χ3v) is 3.60. The second-order valence-electron chi connectivity index (χ2n) is 4.77. The molecule has 1 atom stereocenters. The number of aromatic nitrogens is 2. The maximum Gasteiger partial charge on any atom is 0.116 e. The molecular weight excluding hydrogens is 210 g/mol. The van der Waals surface area contributed by atoms with Crippen molar-refractivity contribution >= 4 is 10.9 Å². The lowest BCUT2D eigenvalue weighted by Crippen LogP contribution is -2.30. The Kier molecular flexibility index (Phi) is 2.77. The lowest BCUT2D eigenvalue weighted by Gasteiger charge is -2.15. The molecular formula is C14H17N3. The lowest BCUT2D eigenvalue weighted by molar-refractivity contribution is 0.497. The molecule has 17 heavy (non-hydrogen) atoms. The van der Waals surface area contributed by atoms with Gasteiger partial charge in [-0.25, -0.2) is 9.97 Å². The van der Waals surface area contributed by atoms with E-state index in [0.29, 0.717) is 6.04 Å². The van der Waals surface area contributed by atoms with Gasteiger partial charge in [0, 0.05) is 17.8 Å². The monoisotopic (exact) mass is 227 g/mol. The van der Waals surface area contributed by atoms with Gasteiger partial charge in [-0.2, -0.15) is 0 Å². The molecule has 3 rings (SSSR count). The van der Waals surface area contributed by atoms with Crippen molar-refractivity contribution in [2.45, 2.75) is 25.3 Å². The van der Waals surface area contributed by atoms with Gasteiger partial charge in [0.15, 0.2) is 0 Å². The van der Waals surface area contributed by atoms with Crippen LogP contribution in [-0.2, 0) is 6.42 Å². The maximum absolute atomic E-state index is 4.45. The number of rotatable bonds is 4. The topological polar surface area (TPSA) is 37.8 Å². The van der Waals surface area contributed by atoms with E-state index in [-0.39, 0.29) is 0 Å². The third kappa shape index (κ3) is 2.15. The maximum atomic E-state index is 4.45. The summed E-state index contributed by atoms with van der Waals surface area (Å²) >= 11 is 0. The first-order valence-electron chi connectivity index (χ1n) is 6.24. The zero-order chi connectivity index (χ0) is 11.7. The van der Waals surface area contributed by atoms with Gasteiger partial charge in [-0.3, -0.25) is 0 Å². The highest BCUT2D eigenvalue weighted by Gasteiger charge is 2.30. The van der Waals surface area contributed by atoms with Crippen LogP contribution in [0.15, 0.2) is 30.6 Å². The van der Waals surface area contributed by atoms with E-state index in [1.807, 2.05) is 19.2 Å². The summed E-state index contributed by atoms with van der Waals surface area (Å²) in [6.07, 6.45) is 5.39. The average molecular weight is 227 g/mol. The van der Waals surface area contributed by atoms with E-state index in [9.17, 15) is 0 Å². The van der Waals surface area contributed by atoms with Crippen molar-refractivity contribution in [3.63, 3.8) is 0 Å². The fourth-order valence-electron chi connectivity index (χ4n) is 2.43. The van der Waals surface area contributed by atoms with E-state index >= 15 is 0 Å². The van der Waals surface area contributed by atoms with E-state index in [4.69, 9.17) is 0 Å². The van der Waals surface area contributed by atoms with Gasteiger partial charge in [0.1, 0.15) is 6.33 Å². The summed E-state index contributed by atoms with van der Waals surface area (Å²) in [6, 6.07) is 8.81. The molecule has 88 valence electrons. The Morgan fingerprint density at radius 2 is 2.12 bits per heavy atom. The lowest BCUT2D eigenvalue weighted by atomic mass is 10.0. The Balaban J connectivity index is 1.93. The number of nitrogens with zero attached hydrogens (tertiary/aromatic N) is 2. The predicted octanol–water partition coefficient (Wildman–Crippen LogP) is 2.17. The van der Waals surface area contributed by atoms with Crippen LogP contribution in [0.4, 0.5) is 0 Å². The number of para-hydroxylation sites is 1. The minimum atomic E-state index is 0.563. The van der Waals surface area contributed by atoms with Gasteiger partial charge in [0.25, 0.3) is 0 Å². The van der Waals surface area contributed by atoms with Gasteiger partial charge in [0.05, 0.1) is 11.2 Å². The SMILES string of the molecule is CNC(Cc1ncnc2ccccc12)C1CC1. The van der Waals surface area contributed by atoms with Crippen molar-refractivity contribution in [3.05, 3.63) is 36.3 Å². The van der Waals surface area contributed by atoms with Crippen LogP contribution in [-0.4, -0.2) is 23.1 Å². The van der Waals surface area contributed by atoms with Crippen LogP contribution in [0, 0.1) is 5.92 Å². The Labute approximate surface area is 101 Å². The molecule has 1 fully saturated rings. The molecule has 1 aromatic heterocycles. The standard InChI is InChI=1S/C14H17N3/c1-15-13(10-6-7-10)8-14-11-4-2-3-5-12(11)16-9-17-14/h2-5,9-10,13,15H,6-8H2,1H3. The van der Waals surface area contributed by atoms with Crippen LogP contribution < -0.4 is 5.32 Å². The van der Waals surface area contributed by atoms with Crippen LogP contribution in [0.25, 0.3) is 10.9 Å². The summed E-state index contributed by atoms with van der Waals surface area (Å²) in [4.78, 5) is 8.76. The van der Waals surface area contributed by atoms with E-state index < -0.39 is 0 Å². The van der Waals surface area contributed by atoms with Crippen LogP contribution in [0.1, 0.15) is 18.5 Å². The highest BCUT2D eigenvalue weighted by atomic mass is 14.9. The second kappa shape index (κ2) is 4.41. The van der Waals surface area contributed by atoms with E-state index in [2.05, 4.69) is 27.4 Å². The minimum absolute atomic E-state index is 0.563. The van der Waals surface area contributed by atoms with Crippen LogP contribution in [0.2, 0.25) is 0 Å². The molecule has 1 aliphatic carbocycles. The molecule has 1 aromatic carbocycles. The quantitative estimate of drug-likeness (QED) is 0.870. The first-order valence-corrected chi connectivity index (χ1v) is 6.24. The van der Waals surface area contributed by atoms with Crippen molar-refractivity contribution in [1.29, 1.82) is 0 Å². The van der Waals surface area contributed by atoms with E-state index in [1.165, 1.54) is 23.9 Å². The van der Waals surface area contributed by atoms with Crippen molar-refractivity contribution in [2.75, 3.05) is 7.05 Å².